The summed E-state index contributed by atoms with van der Waals surface area (Å²) in [7, 11) is 4.68. The Morgan fingerprint density at radius 2 is 1.36 bits per heavy atom. The third kappa shape index (κ3) is 4.30. The molecule has 3 aromatic carbocycles. The lowest BCUT2D eigenvalue weighted by molar-refractivity contribution is 0.349. The molecule has 164 valence electrons. The van der Waals surface area contributed by atoms with Crippen LogP contribution in [0.1, 0.15) is 11.1 Å². The summed E-state index contributed by atoms with van der Waals surface area (Å²) in [5, 5.41) is 10.0. The van der Waals surface area contributed by atoms with Gasteiger partial charge in [0.1, 0.15) is 23.1 Å². The SMILES string of the molecule is COc1cc(OC)c(OC)cc1/C=N/c1oc(-c2ccccc2)c(-c2ccccc2)c1C#N. The van der Waals surface area contributed by atoms with Gasteiger partial charge in [-0.3, -0.25) is 0 Å². The fraction of sp³-hybridized carbons (Fsp3) is 0.111. The van der Waals surface area contributed by atoms with Gasteiger partial charge in [-0.05, 0) is 11.6 Å². The maximum atomic E-state index is 10.0. The fourth-order valence-electron chi connectivity index (χ4n) is 3.57. The van der Waals surface area contributed by atoms with E-state index in [1.165, 1.54) is 0 Å². The van der Waals surface area contributed by atoms with Crippen molar-refractivity contribution in [2.45, 2.75) is 0 Å². The van der Waals surface area contributed by atoms with E-state index in [-0.39, 0.29) is 5.88 Å². The van der Waals surface area contributed by atoms with Gasteiger partial charge in [-0.1, -0.05) is 60.7 Å². The van der Waals surface area contributed by atoms with Crippen LogP contribution in [0, 0.1) is 11.3 Å². The molecule has 1 aromatic heterocycles. The molecule has 33 heavy (non-hydrogen) atoms. The number of ether oxygens (including phenoxy) is 3. The van der Waals surface area contributed by atoms with Crippen molar-refractivity contribution in [1.29, 1.82) is 5.26 Å². The molecule has 0 aliphatic carbocycles. The number of hydrogen-bond acceptors (Lipinski definition) is 6. The molecule has 0 saturated heterocycles. The number of furan rings is 1. The number of aliphatic imine (C=N–C) groups is 1. The second-order valence-corrected chi connectivity index (χ2v) is 7.04. The molecule has 0 unspecified atom stereocenters. The van der Waals surface area contributed by atoms with Crippen molar-refractivity contribution in [2.24, 2.45) is 4.99 Å². The average Bonchev–Trinajstić information content (AvgIpc) is 3.26. The zero-order valence-corrected chi connectivity index (χ0v) is 18.5. The van der Waals surface area contributed by atoms with Gasteiger partial charge in [-0.2, -0.15) is 5.26 Å². The van der Waals surface area contributed by atoms with Crippen LogP contribution in [0.2, 0.25) is 0 Å². The summed E-state index contributed by atoms with van der Waals surface area (Å²) in [5.74, 6) is 2.43. The Morgan fingerprint density at radius 1 is 0.788 bits per heavy atom. The van der Waals surface area contributed by atoms with Gasteiger partial charge in [-0.15, -0.1) is 0 Å². The quantitative estimate of drug-likeness (QED) is 0.318. The molecule has 0 atom stereocenters. The van der Waals surface area contributed by atoms with Gasteiger partial charge in [0.15, 0.2) is 11.5 Å². The van der Waals surface area contributed by atoms with Crippen LogP contribution in [0.5, 0.6) is 17.2 Å². The van der Waals surface area contributed by atoms with E-state index in [9.17, 15) is 5.26 Å². The van der Waals surface area contributed by atoms with Crippen molar-refractivity contribution in [3.05, 3.63) is 83.9 Å². The minimum absolute atomic E-state index is 0.215. The topological polar surface area (TPSA) is 77.0 Å². The van der Waals surface area contributed by atoms with Crippen LogP contribution in [0.3, 0.4) is 0 Å². The second-order valence-electron chi connectivity index (χ2n) is 7.04. The minimum Gasteiger partial charge on any atom is -0.496 e. The smallest absolute Gasteiger partial charge is 0.238 e. The second kappa shape index (κ2) is 9.75. The fourth-order valence-corrected chi connectivity index (χ4v) is 3.57. The first kappa shape index (κ1) is 21.7. The minimum atomic E-state index is 0.215. The molecule has 0 fully saturated rings. The highest BCUT2D eigenvalue weighted by atomic mass is 16.5. The number of nitrogens with zero attached hydrogens (tertiary/aromatic N) is 2. The van der Waals surface area contributed by atoms with E-state index >= 15 is 0 Å². The maximum absolute atomic E-state index is 10.0. The van der Waals surface area contributed by atoms with Crippen molar-refractivity contribution in [3.8, 4) is 45.8 Å². The average molecular weight is 438 g/mol. The number of benzene rings is 3. The van der Waals surface area contributed by atoms with Gasteiger partial charge >= 0.3 is 0 Å². The zero-order chi connectivity index (χ0) is 23.2. The molecule has 0 spiro atoms. The monoisotopic (exact) mass is 438 g/mol. The van der Waals surface area contributed by atoms with E-state index in [1.807, 2.05) is 60.7 Å². The highest BCUT2D eigenvalue weighted by molar-refractivity contribution is 5.91. The summed E-state index contributed by atoms with van der Waals surface area (Å²) in [4.78, 5) is 4.53. The van der Waals surface area contributed by atoms with Crippen LogP contribution in [-0.4, -0.2) is 27.5 Å². The number of methoxy groups -OCH3 is 3. The van der Waals surface area contributed by atoms with Crippen LogP contribution in [0.15, 0.2) is 82.2 Å². The number of hydrogen-bond donors (Lipinski definition) is 0. The van der Waals surface area contributed by atoms with Crippen molar-refractivity contribution >= 4 is 12.1 Å². The van der Waals surface area contributed by atoms with E-state index in [2.05, 4.69) is 11.1 Å². The maximum Gasteiger partial charge on any atom is 0.238 e. The number of rotatable bonds is 7. The van der Waals surface area contributed by atoms with Crippen molar-refractivity contribution in [1.82, 2.24) is 0 Å². The third-order valence-corrected chi connectivity index (χ3v) is 5.16. The summed E-state index contributed by atoms with van der Waals surface area (Å²) in [6, 6.07) is 25.1. The molecule has 0 amide bonds. The Hall–Kier alpha value is -4.50. The molecule has 6 heteroatoms. The van der Waals surface area contributed by atoms with Crippen molar-refractivity contribution in [2.75, 3.05) is 21.3 Å². The Bertz CT molecular complexity index is 1320. The Kier molecular flexibility index (Phi) is 6.42. The number of nitriles is 1. The van der Waals surface area contributed by atoms with Crippen LogP contribution in [0.4, 0.5) is 5.88 Å². The van der Waals surface area contributed by atoms with Crippen LogP contribution >= 0.6 is 0 Å². The van der Waals surface area contributed by atoms with E-state index in [1.54, 1.807) is 39.7 Å². The first-order valence-corrected chi connectivity index (χ1v) is 10.2. The zero-order valence-electron chi connectivity index (χ0n) is 18.5. The summed E-state index contributed by atoms with van der Waals surface area (Å²) < 4.78 is 22.4. The lowest BCUT2D eigenvalue weighted by Crippen LogP contribution is -1.96. The molecule has 4 rings (SSSR count). The van der Waals surface area contributed by atoms with Crippen LogP contribution in [0.25, 0.3) is 22.5 Å². The largest absolute Gasteiger partial charge is 0.496 e. The highest BCUT2D eigenvalue weighted by Crippen LogP contribution is 2.42. The molecule has 0 saturated carbocycles. The van der Waals surface area contributed by atoms with E-state index in [4.69, 9.17) is 18.6 Å². The Balaban J connectivity index is 1.87. The van der Waals surface area contributed by atoms with Gasteiger partial charge in [-0.25, -0.2) is 4.99 Å². The van der Waals surface area contributed by atoms with Gasteiger partial charge in [0.2, 0.25) is 5.88 Å². The molecule has 0 radical (unpaired) electrons. The lowest BCUT2D eigenvalue weighted by atomic mass is 9.98. The molecule has 0 N–H and O–H groups in total. The molecular weight excluding hydrogens is 416 g/mol. The van der Waals surface area contributed by atoms with Gasteiger partial charge < -0.3 is 18.6 Å². The predicted molar refractivity (Wildman–Crippen MR) is 128 cm³/mol. The molecule has 1 heterocycles. The van der Waals surface area contributed by atoms with Crippen molar-refractivity contribution < 1.29 is 18.6 Å². The standard InChI is InChI=1S/C27H22N2O4/c1-30-22-15-24(32-3)23(31-2)14-20(22)17-29-27-21(16-28)25(18-10-6-4-7-11-18)26(33-27)19-12-8-5-9-13-19/h4-15,17H,1-3H3/b29-17+. The normalized spacial score (nSPS) is 10.7. The van der Waals surface area contributed by atoms with Crippen LogP contribution in [-0.2, 0) is 0 Å². The summed E-state index contributed by atoms with van der Waals surface area (Å²) in [5.41, 5.74) is 3.45. The molecule has 0 aliphatic heterocycles. The highest BCUT2D eigenvalue weighted by Gasteiger charge is 2.22. The lowest BCUT2D eigenvalue weighted by Gasteiger charge is -2.11. The molecule has 6 nitrogen and oxygen atoms in total. The first-order valence-electron chi connectivity index (χ1n) is 10.2. The molecular formula is C27H22N2O4. The summed E-state index contributed by atoms with van der Waals surface area (Å²) in [6.45, 7) is 0. The summed E-state index contributed by atoms with van der Waals surface area (Å²) in [6.07, 6.45) is 1.59. The van der Waals surface area contributed by atoms with E-state index < -0.39 is 0 Å². The molecule has 0 bridgehead atoms. The Morgan fingerprint density at radius 3 is 1.94 bits per heavy atom. The third-order valence-electron chi connectivity index (χ3n) is 5.16. The van der Waals surface area contributed by atoms with E-state index in [0.717, 1.165) is 11.1 Å². The predicted octanol–water partition coefficient (Wildman–Crippen LogP) is 6.26. The summed E-state index contributed by atoms with van der Waals surface area (Å²) >= 11 is 0. The van der Waals surface area contributed by atoms with Crippen molar-refractivity contribution in [3.63, 3.8) is 0 Å². The molecule has 4 aromatic rings. The molecule has 0 aliphatic rings. The Labute approximate surface area is 192 Å². The van der Waals surface area contributed by atoms with Gasteiger partial charge in [0.05, 0.1) is 21.3 Å². The van der Waals surface area contributed by atoms with E-state index in [0.29, 0.717) is 39.7 Å². The first-order chi connectivity index (χ1) is 16.2. The van der Waals surface area contributed by atoms with Crippen LogP contribution < -0.4 is 14.2 Å². The van der Waals surface area contributed by atoms with Gasteiger partial charge in [0, 0.05) is 29.0 Å². The van der Waals surface area contributed by atoms with Gasteiger partial charge in [0.25, 0.3) is 0 Å².